The number of hydrogen-bond acceptors (Lipinski definition) is 3. The molecule has 0 amide bonds. The number of hydrogen-bond donors (Lipinski definition) is 1. The highest BCUT2D eigenvalue weighted by atomic mass is 35.5. The average Bonchev–Trinajstić information content (AvgIpc) is 2.35. The largest absolute Gasteiger partial charge is 0.372 e. The van der Waals surface area contributed by atoms with Gasteiger partial charge in [-0.25, -0.2) is 0 Å². The highest BCUT2D eigenvalue weighted by Gasteiger charge is 2.54. The van der Waals surface area contributed by atoms with Crippen molar-refractivity contribution < 1.29 is 14.6 Å². The van der Waals surface area contributed by atoms with Gasteiger partial charge in [0.2, 0.25) is 0 Å². The van der Waals surface area contributed by atoms with Crippen LogP contribution in [0.4, 0.5) is 0 Å². The summed E-state index contributed by atoms with van der Waals surface area (Å²) in [5, 5.41) is 8.69. The Kier molecular flexibility index (Phi) is 2.20. The van der Waals surface area contributed by atoms with Crippen molar-refractivity contribution in [3.05, 3.63) is 12.2 Å². The van der Waals surface area contributed by atoms with E-state index in [0.717, 1.165) is 0 Å². The summed E-state index contributed by atoms with van der Waals surface area (Å²) < 4.78 is 11.2. The molecule has 1 aliphatic carbocycles. The Morgan fingerprint density at radius 3 is 2.57 bits per heavy atom. The molecule has 0 radical (unpaired) electrons. The molecule has 2 aliphatic rings. The number of aliphatic hydroxyl groups is 1. The van der Waals surface area contributed by atoms with Crippen molar-refractivity contribution in [2.24, 2.45) is 5.92 Å². The van der Waals surface area contributed by atoms with E-state index in [9.17, 15) is 5.11 Å². The zero-order chi connectivity index (χ0) is 10.6. The third kappa shape index (κ3) is 1.48. The standard InChI is InChI=1S/C10H15ClO3/c1-6-4-5-7-8(10(6,11)12)14-9(2,3)13-7/h4-8,12H,1-3H3. The molecule has 14 heavy (non-hydrogen) atoms. The fraction of sp³-hybridized carbons (Fsp3) is 0.800. The van der Waals surface area contributed by atoms with E-state index in [4.69, 9.17) is 21.1 Å². The molecule has 2 rings (SSSR count). The molecule has 80 valence electrons. The van der Waals surface area contributed by atoms with Crippen molar-refractivity contribution in [2.45, 2.75) is 43.8 Å². The van der Waals surface area contributed by atoms with Crippen molar-refractivity contribution in [1.29, 1.82) is 0 Å². The Balaban J connectivity index is 2.29. The van der Waals surface area contributed by atoms with Crippen molar-refractivity contribution >= 4 is 11.6 Å². The first-order valence-electron chi connectivity index (χ1n) is 4.78. The third-order valence-electron chi connectivity index (χ3n) is 2.76. The quantitative estimate of drug-likeness (QED) is 0.496. The van der Waals surface area contributed by atoms with Gasteiger partial charge >= 0.3 is 0 Å². The van der Waals surface area contributed by atoms with Gasteiger partial charge in [0, 0.05) is 5.92 Å². The number of ether oxygens (including phenoxy) is 2. The Morgan fingerprint density at radius 2 is 1.93 bits per heavy atom. The normalized spacial score (nSPS) is 50.5. The van der Waals surface area contributed by atoms with E-state index < -0.39 is 17.0 Å². The first-order valence-corrected chi connectivity index (χ1v) is 5.16. The maximum absolute atomic E-state index is 10.1. The lowest BCUT2D eigenvalue weighted by Crippen LogP contribution is -2.49. The Labute approximate surface area is 88.6 Å². The third-order valence-corrected chi connectivity index (χ3v) is 3.32. The molecule has 0 spiro atoms. The Bertz CT molecular complexity index is 273. The SMILES string of the molecule is CC1C=CC2OC(C)(C)OC2C1(O)Cl. The van der Waals surface area contributed by atoms with Gasteiger partial charge in [-0.15, -0.1) is 0 Å². The van der Waals surface area contributed by atoms with Crippen LogP contribution in [0.5, 0.6) is 0 Å². The molecular formula is C10H15ClO3. The van der Waals surface area contributed by atoms with Crippen LogP contribution in [0.2, 0.25) is 0 Å². The van der Waals surface area contributed by atoms with Gasteiger partial charge in [0.25, 0.3) is 0 Å². The summed E-state index contributed by atoms with van der Waals surface area (Å²) in [6.07, 6.45) is 3.03. The van der Waals surface area contributed by atoms with Crippen LogP contribution in [0, 0.1) is 5.92 Å². The van der Waals surface area contributed by atoms with E-state index in [1.807, 2.05) is 32.9 Å². The highest BCUT2D eigenvalue weighted by molar-refractivity contribution is 6.23. The molecule has 1 N–H and O–H groups in total. The second-order valence-electron chi connectivity index (χ2n) is 4.42. The highest BCUT2D eigenvalue weighted by Crippen LogP contribution is 2.43. The topological polar surface area (TPSA) is 38.7 Å². The van der Waals surface area contributed by atoms with Crippen LogP contribution in [0.1, 0.15) is 20.8 Å². The Morgan fingerprint density at radius 1 is 1.29 bits per heavy atom. The van der Waals surface area contributed by atoms with E-state index in [0.29, 0.717) is 0 Å². The van der Waals surface area contributed by atoms with E-state index in [1.54, 1.807) is 0 Å². The molecule has 1 aliphatic heterocycles. The Hall–Kier alpha value is -0.0900. The second kappa shape index (κ2) is 2.95. The molecule has 3 nitrogen and oxygen atoms in total. The molecule has 1 heterocycles. The minimum atomic E-state index is -1.37. The van der Waals surface area contributed by atoms with Crippen LogP contribution in [0.3, 0.4) is 0 Å². The lowest BCUT2D eigenvalue weighted by atomic mass is 9.89. The minimum absolute atomic E-state index is 0.136. The molecular weight excluding hydrogens is 204 g/mol. The van der Waals surface area contributed by atoms with Gasteiger partial charge in [-0.05, 0) is 13.8 Å². The summed E-state index contributed by atoms with van der Waals surface area (Å²) >= 11 is 6.05. The van der Waals surface area contributed by atoms with Crippen LogP contribution < -0.4 is 0 Å². The van der Waals surface area contributed by atoms with Crippen LogP contribution >= 0.6 is 11.6 Å². The molecule has 0 aromatic carbocycles. The lowest BCUT2D eigenvalue weighted by molar-refractivity contribution is -0.160. The molecule has 1 saturated heterocycles. The average molecular weight is 219 g/mol. The summed E-state index contributed by atoms with van der Waals surface area (Å²) in [5.74, 6) is -0.810. The minimum Gasteiger partial charge on any atom is -0.372 e. The molecule has 1 fully saturated rings. The molecule has 0 saturated carbocycles. The van der Waals surface area contributed by atoms with Crippen LogP contribution in [0.15, 0.2) is 12.2 Å². The lowest BCUT2D eigenvalue weighted by Gasteiger charge is -2.35. The first-order chi connectivity index (χ1) is 6.33. The van der Waals surface area contributed by atoms with Crippen molar-refractivity contribution in [2.75, 3.05) is 0 Å². The van der Waals surface area contributed by atoms with Gasteiger partial charge < -0.3 is 14.6 Å². The molecule has 4 atom stereocenters. The monoisotopic (exact) mass is 218 g/mol. The van der Waals surface area contributed by atoms with Crippen molar-refractivity contribution in [1.82, 2.24) is 0 Å². The molecule has 4 unspecified atom stereocenters. The summed E-state index contributed by atoms with van der Waals surface area (Å²) in [7, 11) is 0. The van der Waals surface area contributed by atoms with E-state index in [-0.39, 0.29) is 12.0 Å². The maximum Gasteiger partial charge on any atom is 0.173 e. The predicted molar refractivity (Wildman–Crippen MR) is 52.9 cm³/mol. The fourth-order valence-electron chi connectivity index (χ4n) is 1.91. The second-order valence-corrected chi connectivity index (χ2v) is 5.03. The van der Waals surface area contributed by atoms with Gasteiger partial charge in [-0.3, -0.25) is 0 Å². The summed E-state index contributed by atoms with van der Waals surface area (Å²) in [6.45, 7) is 5.49. The van der Waals surface area contributed by atoms with Gasteiger partial charge in [-0.2, -0.15) is 0 Å². The zero-order valence-corrected chi connectivity index (χ0v) is 9.28. The number of halogens is 1. The van der Waals surface area contributed by atoms with E-state index >= 15 is 0 Å². The van der Waals surface area contributed by atoms with E-state index in [2.05, 4.69) is 0 Å². The van der Waals surface area contributed by atoms with Gasteiger partial charge in [0.1, 0.15) is 12.2 Å². The van der Waals surface area contributed by atoms with Crippen LogP contribution in [-0.4, -0.2) is 28.2 Å². The van der Waals surface area contributed by atoms with Gasteiger partial charge in [-0.1, -0.05) is 30.7 Å². The molecule has 0 aromatic rings. The van der Waals surface area contributed by atoms with Crippen molar-refractivity contribution in [3.63, 3.8) is 0 Å². The predicted octanol–water partition coefficient (Wildman–Crippen LogP) is 1.64. The van der Waals surface area contributed by atoms with Crippen LogP contribution in [-0.2, 0) is 9.47 Å². The van der Waals surface area contributed by atoms with Crippen molar-refractivity contribution in [3.8, 4) is 0 Å². The molecule has 0 aromatic heterocycles. The van der Waals surface area contributed by atoms with Crippen LogP contribution in [0.25, 0.3) is 0 Å². The fourth-order valence-corrected chi connectivity index (χ4v) is 2.16. The number of fused-ring (bicyclic) bond motifs is 1. The van der Waals surface area contributed by atoms with E-state index in [1.165, 1.54) is 0 Å². The smallest absolute Gasteiger partial charge is 0.173 e. The number of alkyl halides is 1. The molecule has 0 bridgehead atoms. The summed E-state index contributed by atoms with van der Waals surface area (Å²) in [6, 6.07) is 0. The van der Waals surface area contributed by atoms with Gasteiger partial charge in [0.05, 0.1) is 0 Å². The summed E-state index contributed by atoms with van der Waals surface area (Å²) in [5.41, 5.74) is 0. The number of rotatable bonds is 0. The summed E-state index contributed by atoms with van der Waals surface area (Å²) in [4.78, 5) is 0. The van der Waals surface area contributed by atoms with Gasteiger partial charge in [0.15, 0.2) is 10.8 Å². The first kappa shape index (κ1) is 10.4. The molecule has 4 heteroatoms. The maximum atomic E-state index is 10.1. The zero-order valence-electron chi connectivity index (χ0n) is 8.53.